The highest BCUT2D eigenvalue weighted by Gasteiger charge is 2.29. The summed E-state index contributed by atoms with van der Waals surface area (Å²) in [4.78, 5) is 17.6. The third-order valence-electron chi connectivity index (χ3n) is 5.04. The summed E-state index contributed by atoms with van der Waals surface area (Å²) < 4.78 is 3.33. The van der Waals surface area contributed by atoms with E-state index in [9.17, 15) is 4.79 Å². The van der Waals surface area contributed by atoms with Gasteiger partial charge in [0, 0.05) is 32.9 Å². The average molecular weight is 379 g/mol. The van der Waals surface area contributed by atoms with Gasteiger partial charge in [0.1, 0.15) is 11.4 Å². The minimum atomic E-state index is -0.0298. The lowest BCUT2D eigenvalue weighted by Crippen LogP contribution is -2.43. The number of carbonyl (C=O) groups excluding carboxylic acids is 1. The molecule has 0 bridgehead atoms. The second-order valence-corrected chi connectivity index (χ2v) is 7.41. The summed E-state index contributed by atoms with van der Waals surface area (Å²) in [6.07, 6.45) is 4.05. The molecular formula is C18H27ClN6O. The zero-order valence-electron chi connectivity index (χ0n) is 15.9. The molecule has 0 spiro atoms. The third kappa shape index (κ3) is 3.94. The van der Waals surface area contributed by atoms with E-state index in [1.165, 1.54) is 6.42 Å². The van der Waals surface area contributed by atoms with Crippen LogP contribution in [0.25, 0.3) is 0 Å². The molecule has 0 saturated carbocycles. The summed E-state index contributed by atoms with van der Waals surface area (Å²) >= 11 is 6.30. The summed E-state index contributed by atoms with van der Waals surface area (Å²) in [5.41, 5.74) is 2.15. The van der Waals surface area contributed by atoms with E-state index in [0.29, 0.717) is 29.8 Å². The molecule has 7 nitrogen and oxygen atoms in total. The Kier molecular flexibility index (Phi) is 5.67. The van der Waals surface area contributed by atoms with Crippen molar-refractivity contribution in [2.75, 3.05) is 19.6 Å². The lowest BCUT2D eigenvalue weighted by molar-refractivity contribution is 0.0678. The number of amides is 1. The van der Waals surface area contributed by atoms with Crippen LogP contribution in [0, 0.1) is 6.92 Å². The first-order chi connectivity index (χ1) is 12.4. The second kappa shape index (κ2) is 7.80. The highest BCUT2D eigenvalue weighted by atomic mass is 35.5. The Bertz CT molecular complexity index is 783. The van der Waals surface area contributed by atoms with Crippen molar-refractivity contribution in [1.82, 2.24) is 29.4 Å². The standard InChI is InChI=1S/C18H27ClN6O/c1-5-24-8-6-7-14(24)10-25(12-16-15(19)11-22(3)21-16)18(26)17-9-13(2)20-23(17)4/h9,11,14H,5-8,10,12H2,1-4H3/t14-/m1/s1. The molecule has 3 heterocycles. The third-order valence-corrected chi connectivity index (χ3v) is 5.36. The first-order valence-corrected chi connectivity index (χ1v) is 9.48. The molecule has 0 unspecified atom stereocenters. The molecule has 0 N–H and O–H groups in total. The molecule has 2 aromatic rings. The predicted molar refractivity (Wildman–Crippen MR) is 101 cm³/mol. The van der Waals surface area contributed by atoms with Crippen LogP contribution in [0.2, 0.25) is 5.02 Å². The van der Waals surface area contributed by atoms with Gasteiger partial charge in [-0.05, 0) is 38.9 Å². The maximum absolute atomic E-state index is 13.3. The predicted octanol–water partition coefficient (Wildman–Crippen LogP) is 2.24. The van der Waals surface area contributed by atoms with Crippen molar-refractivity contribution >= 4 is 17.5 Å². The molecule has 142 valence electrons. The number of rotatable bonds is 6. The van der Waals surface area contributed by atoms with Gasteiger partial charge in [0.15, 0.2) is 0 Å². The highest BCUT2D eigenvalue weighted by Crippen LogP contribution is 2.22. The average Bonchev–Trinajstić information content (AvgIpc) is 3.25. The molecule has 0 radical (unpaired) electrons. The van der Waals surface area contributed by atoms with E-state index in [4.69, 9.17) is 11.6 Å². The van der Waals surface area contributed by atoms with Crippen LogP contribution in [0.5, 0.6) is 0 Å². The van der Waals surface area contributed by atoms with Gasteiger partial charge in [0.25, 0.3) is 5.91 Å². The molecule has 2 aromatic heterocycles. The van der Waals surface area contributed by atoms with E-state index in [-0.39, 0.29) is 5.91 Å². The zero-order chi connectivity index (χ0) is 18.8. The lowest BCUT2D eigenvalue weighted by atomic mass is 10.2. The first-order valence-electron chi connectivity index (χ1n) is 9.11. The van der Waals surface area contributed by atoms with Crippen LogP contribution in [0.15, 0.2) is 12.3 Å². The zero-order valence-corrected chi connectivity index (χ0v) is 16.7. The number of aromatic nitrogens is 4. The molecular weight excluding hydrogens is 352 g/mol. The first kappa shape index (κ1) is 18.9. The topological polar surface area (TPSA) is 59.2 Å². The maximum Gasteiger partial charge on any atom is 0.272 e. The number of halogens is 1. The van der Waals surface area contributed by atoms with E-state index >= 15 is 0 Å². The molecule has 3 rings (SSSR count). The fraction of sp³-hybridized carbons (Fsp3) is 0.611. The van der Waals surface area contributed by atoms with E-state index in [1.54, 1.807) is 22.6 Å². The van der Waals surface area contributed by atoms with E-state index in [1.807, 2.05) is 24.9 Å². The molecule has 1 aliphatic rings. The monoisotopic (exact) mass is 378 g/mol. The number of aryl methyl sites for hydroxylation is 3. The minimum Gasteiger partial charge on any atom is -0.330 e. The van der Waals surface area contributed by atoms with Gasteiger partial charge in [0.05, 0.1) is 17.3 Å². The molecule has 8 heteroatoms. The van der Waals surface area contributed by atoms with Crippen LogP contribution >= 0.6 is 11.6 Å². The largest absolute Gasteiger partial charge is 0.330 e. The molecule has 1 saturated heterocycles. The Morgan fingerprint density at radius 3 is 2.73 bits per heavy atom. The number of nitrogens with zero attached hydrogens (tertiary/aromatic N) is 6. The van der Waals surface area contributed by atoms with Gasteiger partial charge in [-0.2, -0.15) is 10.2 Å². The summed E-state index contributed by atoms with van der Waals surface area (Å²) in [5.74, 6) is -0.0298. The molecule has 0 aliphatic carbocycles. The van der Waals surface area contributed by atoms with Gasteiger partial charge in [-0.25, -0.2) is 0 Å². The number of hydrogen-bond donors (Lipinski definition) is 0. The smallest absolute Gasteiger partial charge is 0.272 e. The number of carbonyl (C=O) groups is 1. The lowest BCUT2D eigenvalue weighted by Gasteiger charge is -2.30. The van der Waals surface area contributed by atoms with Crippen LogP contribution in [-0.4, -0.2) is 60.9 Å². The van der Waals surface area contributed by atoms with Crippen molar-refractivity contribution in [3.05, 3.63) is 34.4 Å². The van der Waals surface area contributed by atoms with Crippen molar-refractivity contribution in [1.29, 1.82) is 0 Å². The summed E-state index contributed by atoms with van der Waals surface area (Å²) in [6, 6.07) is 2.21. The molecule has 1 aliphatic heterocycles. The van der Waals surface area contributed by atoms with Crippen molar-refractivity contribution in [2.45, 2.75) is 39.3 Å². The number of likely N-dealkylation sites (tertiary alicyclic amines) is 1. The minimum absolute atomic E-state index is 0.0298. The Labute approximate surface area is 159 Å². The Morgan fingerprint density at radius 1 is 1.38 bits per heavy atom. The second-order valence-electron chi connectivity index (χ2n) is 7.00. The van der Waals surface area contributed by atoms with Gasteiger partial charge in [-0.1, -0.05) is 18.5 Å². The molecule has 1 amide bonds. The quantitative estimate of drug-likeness (QED) is 0.773. The van der Waals surface area contributed by atoms with E-state index < -0.39 is 0 Å². The maximum atomic E-state index is 13.3. The van der Waals surface area contributed by atoms with Crippen molar-refractivity contribution in [2.24, 2.45) is 14.1 Å². The fourth-order valence-corrected chi connectivity index (χ4v) is 4.00. The van der Waals surface area contributed by atoms with E-state index in [2.05, 4.69) is 22.0 Å². The Hall–Kier alpha value is -1.86. The number of likely N-dealkylation sites (N-methyl/N-ethyl adjacent to an activating group) is 1. The normalized spacial score (nSPS) is 17.8. The highest BCUT2D eigenvalue weighted by molar-refractivity contribution is 6.31. The van der Waals surface area contributed by atoms with Crippen LogP contribution in [-0.2, 0) is 20.6 Å². The van der Waals surface area contributed by atoms with Crippen LogP contribution in [0.4, 0.5) is 0 Å². The molecule has 1 fully saturated rings. The Morgan fingerprint density at radius 2 is 2.15 bits per heavy atom. The fourth-order valence-electron chi connectivity index (χ4n) is 3.76. The van der Waals surface area contributed by atoms with Crippen molar-refractivity contribution in [3.8, 4) is 0 Å². The van der Waals surface area contributed by atoms with E-state index in [0.717, 1.165) is 30.9 Å². The molecule has 1 atom stereocenters. The van der Waals surface area contributed by atoms with Gasteiger partial charge in [-0.15, -0.1) is 0 Å². The van der Waals surface area contributed by atoms with Gasteiger partial charge >= 0.3 is 0 Å². The Balaban J connectivity index is 1.86. The SMILES string of the molecule is CCN1CCC[C@@H]1CN(Cc1nn(C)cc1Cl)C(=O)c1cc(C)nn1C. The van der Waals surface area contributed by atoms with Crippen LogP contribution in [0.1, 0.15) is 41.6 Å². The van der Waals surface area contributed by atoms with Crippen LogP contribution in [0.3, 0.4) is 0 Å². The van der Waals surface area contributed by atoms with Gasteiger partial charge < -0.3 is 4.90 Å². The summed E-state index contributed by atoms with van der Waals surface area (Å²) in [5, 5.41) is 9.33. The summed E-state index contributed by atoms with van der Waals surface area (Å²) in [6.45, 7) is 7.23. The molecule has 0 aromatic carbocycles. The van der Waals surface area contributed by atoms with Crippen molar-refractivity contribution < 1.29 is 4.79 Å². The van der Waals surface area contributed by atoms with Gasteiger partial charge in [0.2, 0.25) is 0 Å². The number of hydrogen-bond acceptors (Lipinski definition) is 4. The molecule has 26 heavy (non-hydrogen) atoms. The summed E-state index contributed by atoms with van der Waals surface area (Å²) in [7, 11) is 3.64. The van der Waals surface area contributed by atoms with Crippen molar-refractivity contribution in [3.63, 3.8) is 0 Å². The van der Waals surface area contributed by atoms with Gasteiger partial charge in [-0.3, -0.25) is 19.1 Å². The van der Waals surface area contributed by atoms with Crippen LogP contribution < -0.4 is 0 Å².